The van der Waals surface area contributed by atoms with Gasteiger partial charge in [-0.05, 0) is 37.5 Å². The Labute approximate surface area is 110 Å². The number of nitrogens with two attached hydrogens (primary N) is 1. The number of nitrogens with one attached hydrogen (secondary N) is 1. The van der Waals surface area contributed by atoms with Gasteiger partial charge in [-0.25, -0.2) is 4.98 Å². The Hall–Kier alpha value is -1.62. The smallest absolute Gasteiger partial charge is 0.203 e. The molecule has 3 N–H and O–H groups in total. The van der Waals surface area contributed by atoms with E-state index in [-0.39, 0.29) is 6.04 Å². The van der Waals surface area contributed by atoms with Crippen LogP contribution in [0.15, 0.2) is 24.3 Å². The number of nitrogens with zero attached hydrogens (tertiary/aromatic N) is 2. The molecule has 0 bridgehead atoms. The number of benzene rings is 1. The maximum atomic E-state index is 5.68. The highest BCUT2D eigenvalue weighted by molar-refractivity contribution is 7.09. The molecule has 1 aliphatic carbocycles. The van der Waals surface area contributed by atoms with Crippen molar-refractivity contribution in [3.63, 3.8) is 0 Å². The van der Waals surface area contributed by atoms with Gasteiger partial charge in [-0.2, -0.15) is 4.37 Å². The summed E-state index contributed by atoms with van der Waals surface area (Å²) in [6.07, 6.45) is 2.48. The molecule has 1 saturated carbocycles. The Morgan fingerprint density at radius 3 is 2.72 bits per heavy atom. The topological polar surface area (TPSA) is 63.8 Å². The number of hydrogen-bond donors (Lipinski definition) is 2. The molecule has 0 aliphatic heterocycles. The highest BCUT2D eigenvalue weighted by Crippen LogP contribution is 2.39. The fraction of sp³-hybridized carbons (Fsp3) is 0.385. The van der Waals surface area contributed by atoms with Crippen LogP contribution in [0.5, 0.6) is 0 Å². The van der Waals surface area contributed by atoms with Gasteiger partial charge in [0.1, 0.15) is 5.82 Å². The van der Waals surface area contributed by atoms with Gasteiger partial charge in [0, 0.05) is 23.1 Å². The van der Waals surface area contributed by atoms with Crippen LogP contribution in [0, 0.1) is 0 Å². The number of anilines is 2. The van der Waals surface area contributed by atoms with Crippen LogP contribution >= 0.6 is 11.5 Å². The molecule has 1 aromatic carbocycles. The summed E-state index contributed by atoms with van der Waals surface area (Å²) in [5.41, 5.74) is 7.67. The second-order valence-electron chi connectivity index (χ2n) is 4.76. The number of nitrogen functional groups attached to an aromatic ring is 1. The van der Waals surface area contributed by atoms with Gasteiger partial charge < -0.3 is 11.1 Å². The first-order valence-corrected chi connectivity index (χ1v) is 6.95. The molecular weight excluding hydrogens is 244 g/mol. The van der Waals surface area contributed by atoms with Gasteiger partial charge in [0.2, 0.25) is 5.13 Å². The van der Waals surface area contributed by atoms with Crippen LogP contribution in [0.1, 0.15) is 43.1 Å². The molecule has 1 unspecified atom stereocenters. The molecule has 0 spiro atoms. The average molecular weight is 260 g/mol. The van der Waals surface area contributed by atoms with Crippen LogP contribution in [0.25, 0.3) is 0 Å². The first-order valence-electron chi connectivity index (χ1n) is 6.18. The Bertz CT molecular complexity index is 530. The highest BCUT2D eigenvalue weighted by atomic mass is 32.1. The van der Waals surface area contributed by atoms with Crippen LogP contribution in [0.3, 0.4) is 0 Å². The largest absolute Gasteiger partial charge is 0.399 e. The first-order chi connectivity index (χ1) is 8.72. The van der Waals surface area contributed by atoms with Gasteiger partial charge in [0.15, 0.2) is 0 Å². The number of rotatable bonds is 4. The zero-order chi connectivity index (χ0) is 12.5. The third-order valence-electron chi connectivity index (χ3n) is 3.16. The molecule has 18 heavy (non-hydrogen) atoms. The van der Waals surface area contributed by atoms with E-state index in [1.54, 1.807) is 0 Å². The summed E-state index contributed by atoms with van der Waals surface area (Å²) in [6.45, 7) is 2.11. The zero-order valence-electron chi connectivity index (χ0n) is 10.3. The molecular formula is C13H16N4S. The van der Waals surface area contributed by atoms with Gasteiger partial charge in [-0.3, -0.25) is 0 Å². The Kier molecular flexibility index (Phi) is 2.91. The molecule has 1 aromatic heterocycles. The lowest BCUT2D eigenvalue weighted by molar-refractivity contribution is 0.875. The highest BCUT2D eigenvalue weighted by Gasteiger charge is 2.27. The second kappa shape index (κ2) is 4.57. The Morgan fingerprint density at radius 1 is 1.33 bits per heavy atom. The van der Waals surface area contributed by atoms with Crippen LogP contribution < -0.4 is 11.1 Å². The van der Waals surface area contributed by atoms with E-state index in [9.17, 15) is 0 Å². The third kappa shape index (κ3) is 2.46. The van der Waals surface area contributed by atoms with E-state index in [4.69, 9.17) is 5.73 Å². The third-order valence-corrected chi connectivity index (χ3v) is 3.82. The van der Waals surface area contributed by atoms with E-state index in [1.807, 2.05) is 24.3 Å². The number of hydrogen-bond acceptors (Lipinski definition) is 5. The van der Waals surface area contributed by atoms with Gasteiger partial charge in [-0.15, -0.1) is 0 Å². The average Bonchev–Trinajstić information content (AvgIpc) is 3.11. The quantitative estimate of drug-likeness (QED) is 0.829. The lowest BCUT2D eigenvalue weighted by Gasteiger charge is -2.12. The summed E-state index contributed by atoms with van der Waals surface area (Å²) in [4.78, 5) is 4.53. The van der Waals surface area contributed by atoms with Crippen LogP contribution in [0.4, 0.5) is 10.8 Å². The van der Waals surface area contributed by atoms with E-state index < -0.39 is 0 Å². The molecule has 4 nitrogen and oxygen atoms in total. The molecule has 1 atom stereocenters. The SMILES string of the molecule is CC(Nc1nc(C2CC2)ns1)c1ccc(N)cc1. The Balaban J connectivity index is 1.68. The maximum Gasteiger partial charge on any atom is 0.203 e. The van der Waals surface area contributed by atoms with E-state index in [1.165, 1.54) is 29.9 Å². The summed E-state index contributed by atoms with van der Waals surface area (Å²) in [5, 5.41) is 4.29. The zero-order valence-corrected chi connectivity index (χ0v) is 11.1. The van der Waals surface area contributed by atoms with Crippen molar-refractivity contribution in [1.29, 1.82) is 0 Å². The maximum absolute atomic E-state index is 5.68. The minimum atomic E-state index is 0.214. The van der Waals surface area contributed by atoms with Crippen molar-refractivity contribution in [2.24, 2.45) is 0 Å². The van der Waals surface area contributed by atoms with Gasteiger partial charge in [0.05, 0.1) is 6.04 Å². The van der Waals surface area contributed by atoms with Crippen molar-refractivity contribution < 1.29 is 0 Å². The molecule has 94 valence electrons. The predicted molar refractivity (Wildman–Crippen MR) is 74.8 cm³/mol. The summed E-state index contributed by atoms with van der Waals surface area (Å²) in [7, 11) is 0. The van der Waals surface area contributed by atoms with Crippen molar-refractivity contribution in [3.05, 3.63) is 35.7 Å². The summed E-state index contributed by atoms with van der Waals surface area (Å²) < 4.78 is 4.39. The van der Waals surface area contributed by atoms with Gasteiger partial charge in [0.25, 0.3) is 0 Å². The molecule has 0 saturated heterocycles. The fourth-order valence-corrected chi connectivity index (χ4v) is 2.59. The molecule has 3 rings (SSSR count). The Morgan fingerprint density at radius 2 is 2.06 bits per heavy atom. The van der Waals surface area contributed by atoms with Gasteiger partial charge >= 0.3 is 0 Å². The standard InChI is InChI=1S/C13H16N4S/c1-8(9-4-6-11(14)7-5-9)15-13-16-12(17-18-13)10-2-3-10/h4-8,10H,2-3,14H2,1H3,(H,15,16,17). The van der Waals surface area contributed by atoms with E-state index >= 15 is 0 Å². The first kappa shape index (κ1) is 11.5. The number of aromatic nitrogens is 2. The van der Waals surface area contributed by atoms with E-state index in [0.717, 1.165) is 16.6 Å². The predicted octanol–water partition coefficient (Wildman–Crippen LogP) is 3.17. The molecule has 1 heterocycles. The normalized spacial score (nSPS) is 16.5. The van der Waals surface area contributed by atoms with E-state index in [2.05, 4.69) is 21.6 Å². The van der Waals surface area contributed by atoms with Crippen LogP contribution in [0.2, 0.25) is 0 Å². The van der Waals surface area contributed by atoms with Crippen molar-refractivity contribution in [2.75, 3.05) is 11.1 Å². The van der Waals surface area contributed by atoms with Crippen molar-refractivity contribution >= 4 is 22.4 Å². The van der Waals surface area contributed by atoms with Crippen molar-refractivity contribution in [1.82, 2.24) is 9.36 Å². The molecule has 0 radical (unpaired) electrons. The molecule has 2 aromatic rings. The van der Waals surface area contributed by atoms with Crippen molar-refractivity contribution in [2.45, 2.75) is 31.7 Å². The van der Waals surface area contributed by atoms with E-state index in [0.29, 0.717) is 5.92 Å². The summed E-state index contributed by atoms with van der Waals surface area (Å²) in [6, 6.07) is 8.13. The lowest BCUT2D eigenvalue weighted by atomic mass is 10.1. The van der Waals surface area contributed by atoms with Crippen molar-refractivity contribution in [3.8, 4) is 0 Å². The minimum Gasteiger partial charge on any atom is -0.399 e. The molecule has 1 fully saturated rings. The minimum absolute atomic E-state index is 0.214. The summed E-state index contributed by atoms with van der Waals surface area (Å²) >= 11 is 1.45. The lowest BCUT2D eigenvalue weighted by Crippen LogP contribution is -2.06. The second-order valence-corrected chi connectivity index (χ2v) is 5.52. The fourth-order valence-electron chi connectivity index (χ4n) is 1.85. The van der Waals surface area contributed by atoms with Crippen LogP contribution in [-0.2, 0) is 0 Å². The summed E-state index contributed by atoms with van der Waals surface area (Å²) in [5.74, 6) is 1.62. The molecule has 1 aliphatic rings. The van der Waals surface area contributed by atoms with Gasteiger partial charge in [-0.1, -0.05) is 12.1 Å². The molecule has 0 amide bonds. The molecule has 5 heteroatoms. The monoisotopic (exact) mass is 260 g/mol. The van der Waals surface area contributed by atoms with Crippen LogP contribution in [-0.4, -0.2) is 9.36 Å².